The average Bonchev–Trinajstić information content (AvgIpc) is 2.71. The topological polar surface area (TPSA) is 70.3 Å². The molecule has 2 N–H and O–H groups in total. The number of fused-ring (bicyclic) bond motifs is 1. The van der Waals surface area contributed by atoms with E-state index in [4.69, 9.17) is 15.2 Å². The summed E-state index contributed by atoms with van der Waals surface area (Å²) in [5.41, 5.74) is 5.81. The summed E-state index contributed by atoms with van der Waals surface area (Å²) in [5, 5.41) is 0.842. The predicted octanol–water partition coefficient (Wildman–Crippen LogP) is 2.93. The molecule has 0 atom stereocenters. The minimum Gasteiger partial charge on any atom is -0.490 e. The van der Waals surface area contributed by atoms with Gasteiger partial charge >= 0.3 is 0 Å². The Balaban J connectivity index is 1.85. The Kier molecular flexibility index (Phi) is 4.15. The van der Waals surface area contributed by atoms with Crippen molar-refractivity contribution in [1.29, 1.82) is 0 Å². The van der Waals surface area contributed by atoms with E-state index in [0.29, 0.717) is 19.0 Å². The van der Waals surface area contributed by atoms with Gasteiger partial charge in [-0.05, 0) is 18.2 Å². The third-order valence-corrected chi connectivity index (χ3v) is 3.93. The molecule has 6 heteroatoms. The Morgan fingerprint density at radius 1 is 1.14 bits per heavy atom. The van der Waals surface area contributed by atoms with Gasteiger partial charge in [-0.2, -0.15) is 0 Å². The smallest absolute Gasteiger partial charge is 0.162 e. The van der Waals surface area contributed by atoms with Crippen molar-refractivity contribution < 1.29 is 9.47 Å². The lowest BCUT2D eigenvalue weighted by molar-refractivity contribution is 0.297. The SMILES string of the molecule is CCc1nc(N)cc(Sc2ccc3c(c2)OCCCO3)n1. The molecule has 0 aliphatic carbocycles. The lowest BCUT2D eigenvalue weighted by Gasteiger charge is -2.09. The van der Waals surface area contributed by atoms with E-state index in [1.807, 2.05) is 25.1 Å². The van der Waals surface area contributed by atoms with Crippen LogP contribution >= 0.6 is 11.8 Å². The van der Waals surface area contributed by atoms with E-state index in [0.717, 1.165) is 40.1 Å². The van der Waals surface area contributed by atoms with E-state index in [9.17, 15) is 0 Å². The second-order valence-electron chi connectivity index (χ2n) is 4.66. The number of aryl methyl sites for hydroxylation is 1. The number of nitrogens with two attached hydrogens (primary N) is 1. The van der Waals surface area contributed by atoms with Crippen molar-refractivity contribution in [3.05, 3.63) is 30.1 Å². The minimum atomic E-state index is 0.499. The summed E-state index contributed by atoms with van der Waals surface area (Å²) in [7, 11) is 0. The number of hydrogen-bond donors (Lipinski definition) is 1. The van der Waals surface area contributed by atoms with E-state index < -0.39 is 0 Å². The molecule has 0 bridgehead atoms. The summed E-state index contributed by atoms with van der Waals surface area (Å²) in [4.78, 5) is 9.70. The molecule has 3 rings (SSSR count). The minimum absolute atomic E-state index is 0.499. The van der Waals surface area contributed by atoms with E-state index in [1.165, 1.54) is 0 Å². The van der Waals surface area contributed by atoms with E-state index in [1.54, 1.807) is 17.8 Å². The molecule has 1 aliphatic rings. The predicted molar refractivity (Wildman–Crippen MR) is 82.0 cm³/mol. The van der Waals surface area contributed by atoms with Crippen molar-refractivity contribution in [2.45, 2.75) is 29.7 Å². The van der Waals surface area contributed by atoms with Crippen molar-refractivity contribution in [1.82, 2.24) is 9.97 Å². The highest BCUT2D eigenvalue weighted by molar-refractivity contribution is 7.99. The maximum absolute atomic E-state index is 5.81. The largest absolute Gasteiger partial charge is 0.490 e. The summed E-state index contributed by atoms with van der Waals surface area (Å²) in [6.45, 7) is 3.39. The normalized spacial score (nSPS) is 13.8. The van der Waals surface area contributed by atoms with Gasteiger partial charge in [0.25, 0.3) is 0 Å². The van der Waals surface area contributed by atoms with Crippen LogP contribution in [0.15, 0.2) is 34.2 Å². The molecule has 2 heterocycles. The number of anilines is 1. The molecule has 1 aromatic heterocycles. The van der Waals surface area contributed by atoms with Gasteiger partial charge in [0.1, 0.15) is 16.7 Å². The third kappa shape index (κ3) is 3.39. The first-order chi connectivity index (χ1) is 10.2. The molecule has 0 fully saturated rings. The van der Waals surface area contributed by atoms with Crippen molar-refractivity contribution >= 4 is 17.6 Å². The van der Waals surface area contributed by atoms with Gasteiger partial charge in [0.05, 0.1) is 13.2 Å². The quantitative estimate of drug-likeness (QED) is 0.879. The van der Waals surface area contributed by atoms with Gasteiger partial charge in [-0.1, -0.05) is 18.7 Å². The second-order valence-corrected chi connectivity index (χ2v) is 5.76. The summed E-state index contributed by atoms with van der Waals surface area (Å²) >= 11 is 1.54. The number of aromatic nitrogens is 2. The van der Waals surface area contributed by atoms with Crippen molar-refractivity contribution in [2.75, 3.05) is 18.9 Å². The zero-order chi connectivity index (χ0) is 14.7. The van der Waals surface area contributed by atoms with Crippen LogP contribution in [0.1, 0.15) is 19.2 Å². The fraction of sp³-hybridized carbons (Fsp3) is 0.333. The lowest BCUT2D eigenvalue weighted by Crippen LogP contribution is -1.99. The Bertz CT molecular complexity index is 649. The van der Waals surface area contributed by atoms with Gasteiger partial charge in [-0.15, -0.1) is 0 Å². The van der Waals surface area contributed by atoms with Crippen LogP contribution in [0, 0.1) is 0 Å². The summed E-state index contributed by atoms with van der Waals surface area (Å²) in [6, 6.07) is 7.71. The standard InChI is InChI=1S/C15H17N3O2S/c1-2-14-17-13(16)9-15(18-14)21-10-4-5-11-12(8-10)20-7-3-6-19-11/h4-5,8-9H,2-3,6-7H2,1H3,(H2,16,17,18). The molecule has 0 radical (unpaired) electrons. The first-order valence-electron chi connectivity index (χ1n) is 6.95. The van der Waals surface area contributed by atoms with Crippen LogP contribution in [0.25, 0.3) is 0 Å². The highest BCUT2D eigenvalue weighted by Crippen LogP contribution is 2.36. The monoisotopic (exact) mass is 303 g/mol. The molecule has 110 valence electrons. The van der Waals surface area contributed by atoms with Crippen molar-refractivity contribution in [3.63, 3.8) is 0 Å². The van der Waals surface area contributed by atoms with E-state index >= 15 is 0 Å². The molecule has 0 saturated heterocycles. The van der Waals surface area contributed by atoms with Gasteiger partial charge < -0.3 is 15.2 Å². The van der Waals surface area contributed by atoms with E-state index in [-0.39, 0.29) is 0 Å². The number of nitrogens with zero attached hydrogens (tertiary/aromatic N) is 2. The number of rotatable bonds is 3. The number of hydrogen-bond acceptors (Lipinski definition) is 6. The average molecular weight is 303 g/mol. The van der Waals surface area contributed by atoms with Crippen molar-refractivity contribution in [3.8, 4) is 11.5 Å². The Morgan fingerprint density at radius 2 is 1.95 bits per heavy atom. The Labute approximate surface area is 127 Å². The summed E-state index contributed by atoms with van der Waals surface area (Å²) in [6.07, 6.45) is 1.67. The molecule has 0 saturated carbocycles. The highest BCUT2D eigenvalue weighted by Gasteiger charge is 2.12. The van der Waals surface area contributed by atoms with Crippen LogP contribution in [0.3, 0.4) is 0 Å². The lowest BCUT2D eigenvalue weighted by atomic mass is 10.3. The first kappa shape index (κ1) is 14.0. The van der Waals surface area contributed by atoms with Gasteiger partial charge in [0.2, 0.25) is 0 Å². The number of nitrogen functional groups attached to an aromatic ring is 1. The third-order valence-electron chi connectivity index (χ3n) is 3.03. The number of benzene rings is 1. The van der Waals surface area contributed by atoms with Gasteiger partial charge in [-0.25, -0.2) is 9.97 Å². The molecule has 0 spiro atoms. The van der Waals surface area contributed by atoms with Crippen LogP contribution in [-0.2, 0) is 6.42 Å². The summed E-state index contributed by atoms with van der Waals surface area (Å²) in [5.74, 6) is 2.84. The van der Waals surface area contributed by atoms with Crippen molar-refractivity contribution in [2.24, 2.45) is 0 Å². The molecular formula is C15H17N3O2S. The molecule has 5 nitrogen and oxygen atoms in total. The molecule has 1 aromatic carbocycles. The molecule has 0 amide bonds. The Hall–Kier alpha value is -1.95. The highest BCUT2D eigenvalue weighted by atomic mass is 32.2. The Morgan fingerprint density at radius 3 is 2.76 bits per heavy atom. The second kappa shape index (κ2) is 6.22. The first-order valence-corrected chi connectivity index (χ1v) is 7.77. The maximum Gasteiger partial charge on any atom is 0.162 e. The van der Waals surface area contributed by atoms with Crippen LogP contribution in [0.2, 0.25) is 0 Å². The molecule has 21 heavy (non-hydrogen) atoms. The maximum atomic E-state index is 5.81. The van der Waals surface area contributed by atoms with Gasteiger partial charge in [0, 0.05) is 23.8 Å². The zero-order valence-electron chi connectivity index (χ0n) is 11.8. The fourth-order valence-corrected chi connectivity index (χ4v) is 2.90. The molecular weight excluding hydrogens is 286 g/mol. The molecule has 2 aromatic rings. The van der Waals surface area contributed by atoms with Crippen LogP contribution in [-0.4, -0.2) is 23.2 Å². The fourth-order valence-electron chi connectivity index (χ4n) is 2.03. The van der Waals surface area contributed by atoms with Crippen LogP contribution < -0.4 is 15.2 Å². The molecule has 0 unspecified atom stereocenters. The van der Waals surface area contributed by atoms with Crippen LogP contribution in [0.4, 0.5) is 5.82 Å². The van der Waals surface area contributed by atoms with Gasteiger partial charge in [0.15, 0.2) is 11.5 Å². The molecule has 1 aliphatic heterocycles. The zero-order valence-corrected chi connectivity index (χ0v) is 12.7. The van der Waals surface area contributed by atoms with E-state index in [2.05, 4.69) is 9.97 Å². The summed E-state index contributed by atoms with van der Waals surface area (Å²) < 4.78 is 11.3. The van der Waals surface area contributed by atoms with Gasteiger partial charge in [-0.3, -0.25) is 0 Å². The van der Waals surface area contributed by atoms with Crippen LogP contribution in [0.5, 0.6) is 11.5 Å². The number of ether oxygens (including phenoxy) is 2.